The third-order valence-corrected chi connectivity index (χ3v) is 4.19. The Morgan fingerprint density at radius 2 is 1.74 bits per heavy atom. The first-order valence-corrected chi connectivity index (χ1v) is 7.48. The monoisotopic (exact) mass is 268 g/mol. The van der Waals surface area contributed by atoms with Gasteiger partial charge >= 0.3 is 6.09 Å². The second-order valence-electron chi connectivity index (χ2n) is 7.41. The van der Waals surface area contributed by atoms with Crippen LogP contribution in [0.15, 0.2) is 0 Å². The van der Waals surface area contributed by atoms with Crippen LogP contribution in [-0.4, -0.2) is 54.2 Å². The van der Waals surface area contributed by atoms with E-state index < -0.39 is 5.60 Å². The van der Waals surface area contributed by atoms with E-state index in [4.69, 9.17) is 4.74 Å². The molecule has 0 unspecified atom stereocenters. The van der Waals surface area contributed by atoms with Crippen molar-refractivity contribution >= 4 is 6.09 Å². The topological polar surface area (TPSA) is 32.8 Å². The molecule has 1 saturated carbocycles. The lowest BCUT2D eigenvalue weighted by Crippen LogP contribution is -2.52. The van der Waals surface area contributed by atoms with Crippen molar-refractivity contribution in [1.82, 2.24) is 9.80 Å². The van der Waals surface area contributed by atoms with Gasteiger partial charge in [-0.15, -0.1) is 0 Å². The zero-order valence-electron chi connectivity index (χ0n) is 12.9. The molecule has 1 aliphatic carbocycles. The average molecular weight is 268 g/mol. The summed E-state index contributed by atoms with van der Waals surface area (Å²) in [4.78, 5) is 16.3. The van der Waals surface area contributed by atoms with Crippen LogP contribution in [0.1, 0.15) is 47.0 Å². The molecular weight excluding hydrogens is 240 g/mol. The van der Waals surface area contributed by atoms with Gasteiger partial charge in [0.2, 0.25) is 0 Å². The van der Waals surface area contributed by atoms with Gasteiger partial charge in [-0.05, 0) is 39.0 Å². The van der Waals surface area contributed by atoms with E-state index in [1.807, 2.05) is 25.7 Å². The highest BCUT2D eigenvalue weighted by Gasteiger charge is 2.35. The lowest BCUT2D eigenvalue weighted by molar-refractivity contribution is 0.00600. The van der Waals surface area contributed by atoms with Crippen LogP contribution in [0, 0.1) is 5.41 Å². The van der Waals surface area contributed by atoms with Gasteiger partial charge in [0.1, 0.15) is 5.60 Å². The molecule has 19 heavy (non-hydrogen) atoms. The van der Waals surface area contributed by atoms with Crippen LogP contribution in [0.4, 0.5) is 4.79 Å². The fourth-order valence-electron chi connectivity index (χ4n) is 2.89. The second-order valence-corrected chi connectivity index (χ2v) is 7.41. The Morgan fingerprint density at radius 3 is 2.16 bits per heavy atom. The highest BCUT2D eigenvalue weighted by molar-refractivity contribution is 5.68. The maximum Gasteiger partial charge on any atom is 0.410 e. The van der Waals surface area contributed by atoms with Crippen LogP contribution in [0.2, 0.25) is 0 Å². The molecule has 0 aromatic carbocycles. The zero-order chi connectivity index (χ0) is 14.1. The van der Waals surface area contributed by atoms with Crippen molar-refractivity contribution in [2.75, 3.05) is 32.7 Å². The molecule has 0 aromatic heterocycles. The summed E-state index contributed by atoms with van der Waals surface area (Å²) in [6.45, 7) is 12.9. The molecule has 1 heterocycles. The van der Waals surface area contributed by atoms with E-state index in [-0.39, 0.29) is 6.09 Å². The second kappa shape index (κ2) is 5.31. The molecule has 0 bridgehead atoms. The minimum atomic E-state index is -0.395. The van der Waals surface area contributed by atoms with Crippen LogP contribution in [0.25, 0.3) is 0 Å². The molecule has 2 aliphatic rings. The molecule has 4 heteroatoms. The standard InChI is InChI=1S/C15H28N2O2/c1-14(2,3)19-13(18)17-10-8-16(9-11-17)12-15(4)6-5-7-15/h5-12H2,1-4H3. The summed E-state index contributed by atoms with van der Waals surface area (Å²) in [6.07, 6.45) is 3.94. The first-order chi connectivity index (χ1) is 8.77. The summed E-state index contributed by atoms with van der Waals surface area (Å²) in [5.74, 6) is 0. The van der Waals surface area contributed by atoms with Gasteiger partial charge in [0, 0.05) is 32.7 Å². The Labute approximate surface area is 117 Å². The summed E-state index contributed by atoms with van der Waals surface area (Å²) in [7, 11) is 0. The molecule has 110 valence electrons. The van der Waals surface area contributed by atoms with Crippen molar-refractivity contribution in [3.63, 3.8) is 0 Å². The van der Waals surface area contributed by atoms with Crippen LogP contribution in [0.5, 0.6) is 0 Å². The zero-order valence-corrected chi connectivity index (χ0v) is 12.9. The molecule has 1 amide bonds. The Hall–Kier alpha value is -0.770. The van der Waals surface area contributed by atoms with Crippen LogP contribution < -0.4 is 0 Å². The molecule has 0 aromatic rings. The highest BCUT2D eigenvalue weighted by atomic mass is 16.6. The maximum atomic E-state index is 12.0. The molecule has 1 saturated heterocycles. The van der Waals surface area contributed by atoms with Gasteiger partial charge in [0.25, 0.3) is 0 Å². The average Bonchev–Trinajstić information content (AvgIpc) is 2.25. The Bertz CT molecular complexity index is 324. The number of hydrogen-bond donors (Lipinski definition) is 0. The fourth-order valence-corrected chi connectivity index (χ4v) is 2.89. The van der Waals surface area contributed by atoms with Crippen LogP contribution >= 0.6 is 0 Å². The molecule has 0 spiro atoms. The molecule has 4 nitrogen and oxygen atoms in total. The first-order valence-electron chi connectivity index (χ1n) is 7.48. The molecule has 0 radical (unpaired) electrons. The minimum absolute atomic E-state index is 0.165. The van der Waals surface area contributed by atoms with Crippen molar-refractivity contribution < 1.29 is 9.53 Å². The normalized spacial score (nSPS) is 23.9. The number of rotatable bonds is 2. The molecule has 2 rings (SSSR count). The summed E-state index contributed by atoms with van der Waals surface area (Å²) in [5.41, 5.74) is 0.141. The van der Waals surface area contributed by atoms with E-state index >= 15 is 0 Å². The van der Waals surface area contributed by atoms with Gasteiger partial charge in [-0.3, -0.25) is 4.90 Å². The number of nitrogens with zero attached hydrogens (tertiary/aromatic N) is 2. The van der Waals surface area contributed by atoms with E-state index in [0.29, 0.717) is 5.41 Å². The summed E-state index contributed by atoms with van der Waals surface area (Å²) in [5, 5.41) is 0. The van der Waals surface area contributed by atoms with Gasteiger partial charge in [-0.25, -0.2) is 4.79 Å². The smallest absolute Gasteiger partial charge is 0.410 e. The lowest BCUT2D eigenvalue weighted by Gasteiger charge is -2.44. The third-order valence-electron chi connectivity index (χ3n) is 4.19. The molecule has 2 fully saturated rings. The van der Waals surface area contributed by atoms with E-state index in [1.165, 1.54) is 25.8 Å². The number of carbonyl (C=O) groups excluding carboxylic acids is 1. The van der Waals surface area contributed by atoms with Crippen molar-refractivity contribution in [2.24, 2.45) is 5.41 Å². The van der Waals surface area contributed by atoms with Crippen LogP contribution in [-0.2, 0) is 4.74 Å². The van der Waals surface area contributed by atoms with Crippen molar-refractivity contribution in [1.29, 1.82) is 0 Å². The Morgan fingerprint density at radius 1 is 1.16 bits per heavy atom. The van der Waals surface area contributed by atoms with Gasteiger partial charge in [-0.1, -0.05) is 13.3 Å². The number of amides is 1. The number of carbonyl (C=O) groups is 1. The van der Waals surface area contributed by atoms with Gasteiger partial charge < -0.3 is 9.64 Å². The van der Waals surface area contributed by atoms with Gasteiger partial charge in [-0.2, -0.15) is 0 Å². The summed E-state index contributed by atoms with van der Waals surface area (Å²) >= 11 is 0. The van der Waals surface area contributed by atoms with Crippen molar-refractivity contribution in [2.45, 2.75) is 52.6 Å². The Balaban J connectivity index is 1.74. The van der Waals surface area contributed by atoms with E-state index in [0.717, 1.165) is 26.2 Å². The maximum absolute atomic E-state index is 12.0. The van der Waals surface area contributed by atoms with E-state index in [9.17, 15) is 4.79 Å². The fraction of sp³-hybridized carbons (Fsp3) is 0.933. The van der Waals surface area contributed by atoms with E-state index in [2.05, 4.69) is 11.8 Å². The summed E-state index contributed by atoms with van der Waals surface area (Å²) < 4.78 is 5.41. The highest BCUT2D eigenvalue weighted by Crippen LogP contribution is 2.40. The predicted molar refractivity (Wildman–Crippen MR) is 76.2 cm³/mol. The van der Waals surface area contributed by atoms with Crippen molar-refractivity contribution in [3.8, 4) is 0 Å². The van der Waals surface area contributed by atoms with Gasteiger partial charge in [0.05, 0.1) is 0 Å². The van der Waals surface area contributed by atoms with Gasteiger partial charge in [0.15, 0.2) is 0 Å². The SMILES string of the molecule is CC1(CN2CCN(C(=O)OC(C)(C)C)CC2)CCC1. The number of piperazine rings is 1. The Kier molecular flexibility index (Phi) is 4.09. The quantitative estimate of drug-likeness (QED) is 0.772. The molecular formula is C15H28N2O2. The third kappa shape index (κ3) is 4.10. The first kappa shape index (κ1) is 14.6. The predicted octanol–water partition coefficient (Wildman–Crippen LogP) is 2.73. The van der Waals surface area contributed by atoms with E-state index in [1.54, 1.807) is 0 Å². The van der Waals surface area contributed by atoms with Crippen LogP contribution in [0.3, 0.4) is 0 Å². The van der Waals surface area contributed by atoms with Crippen molar-refractivity contribution in [3.05, 3.63) is 0 Å². The molecule has 0 atom stereocenters. The minimum Gasteiger partial charge on any atom is -0.444 e. The summed E-state index contributed by atoms with van der Waals surface area (Å²) in [6, 6.07) is 0. The number of hydrogen-bond acceptors (Lipinski definition) is 3. The largest absolute Gasteiger partial charge is 0.444 e. The lowest BCUT2D eigenvalue weighted by atomic mass is 9.70. The molecule has 1 aliphatic heterocycles. The molecule has 0 N–H and O–H groups in total. The number of ether oxygens (including phenoxy) is 1.